The third-order valence-electron chi connectivity index (χ3n) is 3.05. The fraction of sp³-hybridized carbons (Fsp3) is 0.429. The first-order chi connectivity index (χ1) is 10.2. The highest BCUT2D eigenvalue weighted by Gasteiger charge is 2.19. The number of nitrogen functional groups attached to an aromatic ring is 1. The van der Waals surface area contributed by atoms with Crippen molar-refractivity contribution in [3.63, 3.8) is 0 Å². The van der Waals surface area contributed by atoms with E-state index in [1.54, 1.807) is 18.8 Å². The van der Waals surface area contributed by atoms with Gasteiger partial charge >= 0.3 is 0 Å². The van der Waals surface area contributed by atoms with Gasteiger partial charge in [-0.1, -0.05) is 6.07 Å². The molecule has 0 fully saturated rings. The molecule has 7 heteroatoms. The lowest BCUT2D eigenvalue weighted by atomic mass is 10.2. The van der Waals surface area contributed by atoms with Crippen LogP contribution < -0.4 is 15.2 Å². The van der Waals surface area contributed by atoms with Gasteiger partial charge in [0.2, 0.25) is 5.95 Å². The maximum absolute atomic E-state index is 5.96. The molecule has 114 valence electrons. The maximum Gasteiger partial charge on any atom is 0.226 e. The number of hydrogen-bond acceptors (Lipinski definition) is 6. The summed E-state index contributed by atoms with van der Waals surface area (Å²) in [6.07, 6.45) is 0.596. The zero-order valence-corrected chi connectivity index (χ0v) is 12.5. The molecule has 0 aliphatic rings. The first-order valence-electron chi connectivity index (χ1n) is 6.71. The molecule has 1 aromatic carbocycles. The number of para-hydroxylation sites is 1. The van der Waals surface area contributed by atoms with E-state index < -0.39 is 0 Å². The lowest BCUT2D eigenvalue weighted by Crippen LogP contribution is -2.10. The molecule has 0 amide bonds. The number of methoxy groups -OCH3 is 2. The van der Waals surface area contributed by atoms with Crippen molar-refractivity contribution in [1.29, 1.82) is 0 Å². The van der Waals surface area contributed by atoms with Crippen molar-refractivity contribution in [1.82, 2.24) is 14.8 Å². The lowest BCUT2D eigenvalue weighted by molar-refractivity contribution is 0.149. The molecule has 0 bridgehead atoms. The van der Waals surface area contributed by atoms with E-state index in [0.29, 0.717) is 42.6 Å². The van der Waals surface area contributed by atoms with E-state index in [1.807, 2.05) is 25.1 Å². The Morgan fingerprint density at radius 2 is 1.81 bits per heavy atom. The van der Waals surface area contributed by atoms with Crippen LogP contribution in [0.1, 0.15) is 12.7 Å². The summed E-state index contributed by atoms with van der Waals surface area (Å²) in [5.74, 6) is 2.25. The Labute approximate surface area is 123 Å². The van der Waals surface area contributed by atoms with E-state index in [2.05, 4.69) is 10.2 Å². The number of rotatable bonds is 7. The van der Waals surface area contributed by atoms with Gasteiger partial charge in [0.05, 0.1) is 20.8 Å². The molecule has 2 N–H and O–H groups in total. The summed E-state index contributed by atoms with van der Waals surface area (Å²) in [6, 6.07) is 5.52. The summed E-state index contributed by atoms with van der Waals surface area (Å²) < 4.78 is 17.9. The molecular formula is C14H20N4O3. The predicted molar refractivity (Wildman–Crippen MR) is 79.1 cm³/mol. The Morgan fingerprint density at radius 3 is 2.38 bits per heavy atom. The first kappa shape index (κ1) is 15.1. The van der Waals surface area contributed by atoms with E-state index in [-0.39, 0.29) is 5.95 Å². The number of nitrogens with two attached hydrogens (primary N) is 1. The van der Waals surface area contributed by atoms with Crippen LogP contribution in [0.4, 0.5) is 5.95 Å². The van der Waals surface area contributed by atoms with Crippen molar-refractivity contribution < 1.29 is 14.2 Å². The molecule has 0 spiro atoms. The second kappa shape index (κ2) is 6.94. The third kappa shape index (κ3) is 3.08. The number of nitrogens with zero attached hydrogens (tertiary/aromatic N) is 3. The van der Waals surface area contributed by atoms with Gasteiger partial charge < -0.3 is 19.9 Å². The minimum Gasteiger partial charge on any atom is -0.494 e. The van der Waals surface area contributed by atoms with Gasteiger partial charge in [-0.25, -0.2) is 0 Å². The van der Waals surface area contributed by atoms with E-state index in [0.717, 1.165) is 0 Å². The van der Waals surface area contributed by atoms with Gasteiger partial charge in [0.1, 0.15) is 23.0 Å². The van der Waals surface area contributed by atoms with Crippen molar-refractivity contribution in [3.8, 4) is 17.2 Å². The molecule has 2 rings (SSSR count). The van der Waals surface area contributed by atoms with Gasteiger partial charge in [-0.05, 0) is 19.1 Å². The number of anilines is 1. The molecule has 7 nitrogen and oxygen atoms in total. The highest BCUT2D eigenvalue weighted by atomic mass is 16.5. The molecule has 21 heavy (non-hydrogen) atoms. The summed E-state index contributed by atoms with van der Waals surface area (Å²) >= 11 is 0. The smallest absolute Gasteiger partial charge is 0.226 e. The quantitative estimate of drug-likeness (QED) is 0.777. The van der Waals surface area contributed by atoms with Crippen molar-refractivity contribution >= 4 is 5.95 Å². The topological polar surface area (TPSA) is 84.4 Å². The molecule has 1 aromatic heterocycles. The van der Waals surface area contributed by atoms with Crippen LogP contribution in [0, 0.1) is 0 Å². The summed E-state index contributed by atoms with van der Waals surface area (Å²) in [5, 5.41) is 8.06. The van der Waals surface area contributed by atoms with E-state index in [4.69, 9.17) is 19.9 Å². The Kier molecular flexibility index (Phi) is 4.99. The van der Waals surface area contributed by atoms with Gasteiger partial charge in [-0.3, -0.25) is 4.57 Å². The maximum atomic E-state index is 5.96. The van der Waals surface area contributed by atoms with Crippen LogP contribution in [0.3, 0.4) is 0 Å². The molecule has 0 unspecified atom stereocenters. The van der Waals surface area contributed by atoms with Gasteiger partial charge in [-0.15, -0.1) is 10.2 Å². The second-order valence-corrected chi connectivity index (χ2v) is 4.27. The van der Waals surface area contributed by atoms with Crippen molar-refractivity contribution in [2.75, 3.05) is 33.2 Å². The molecular weight excluding hydrogens is 272 g/mol. The second-order valence-electron chi connectivity index (χ2n) is 4.27. The van der Waals surface area contributed by atoms with E-state index in [1.165, 1.54) is 0 Å². The van der Waals surface area contributed by atoms with Crippen molar-refractivity contribution in [2.45, 2.75) is 13.3 Å². The van der Waals surface area contributed by atoms with Crippen LogP contribution in [0.15, 0.2) is 18.2 Å². The van der Waals surface area contributed by atoms with Crippen LogP contribution in [-0.4, -0.2) is 42.2 Å². The Balaban J connectivity index is 2.48. The average molecular weight is 292 g/mol. The van der Waals surface area contributed by atoms with Crippen LogP contribution in [-0.2, 0) is 11.2 Å². The normalized spacial score (nSPS) is 10.6. The first-order valence-corrected chi connectivity index (χ1v) is 6.71. The fourth-order valence-corrected chi connectivity index (χ4v) is 2.10. The zero-order valence-electron chi connectivity index (χ0n) is 12.5. The van der Waals surface area contributed by atoms with Gasteiger partial charge in [0.25, 0.3) is 0 Å². The summed E-state index contributed by atoms with van der Waals surface area (Å²) in [7, 11) is 3.19. The summed E-state index contributed by atoms with van der Waals surface area (Å²) in [4.78, 5) is 0. The van der Waals surface area contributed by atoms with Crippen molar-refractivity contribution in [3.05, 3.63) is 24.0 Å². The predicted octanol–water partition coefficient (Wildman–Crippen LogP) is 1.45. The average Bonchev–Trinajstić information content (AvgIpc) is 2.87. The largest absolute Gasteiger partial charge is 0.494 e. The van der Waals surface area contributed by atoms with Gasteiger partial charge in [0.15, 0.2) is 0 Å². The van der Waals surface area contributed by atoms with Crippen LogP contribution in [0.2, 0.25) is 0 Å². The van der Waals surface area contributed by atoms with Crippen molar-refractivity contribution in [2.24, 2.45) is 0 Å². The molecule has 1 heterocycles. The van der Waals surface area contributed by atoms with Gasteiger partial charge in [-0.2, -0.15) is 0 Å². The summed E-state index contributed by atoms with van der Waals surface area (Å²) in [5.41, 5.74) is 6.65. The standard InChI is InChI=1S/C14H20N4O3/c1-4-21-9-8-12-16-17-14(15)18(12)13-10(19-2)6-5-7-11(13)20-3/h5-7H,4,8-9H2,1-3H3,(H2,15,17). The molecule has 0 radical (unpaired) electrons. The molecule has 0 saturated heterocycles. The Bertz CT molecular complexity index is 576. The monoisotopic (exact) mass is 292 g/mol. The Morgan fingerprint density at radius 1 is 1.14 bits per heavy atom. The molecule has 2 aromatic rings. The number of benzene rings is 1. The third-order valence-corrected chi connectivity index (χ3v) is 3.05. The number of hydrogen-bond donors (Lipinski definition) is 1. The number of ether oxygens (including phenoxy) is 3. The molecule has 0 aliphatic heterocycles. The summed E-state index contributed by atoms with van der Waals surface area (Å²) in [6.45, 7) is 3.15. The fourth-order valence-electron chi connectivity index (χ4n) is 2.10. The van der Waals surface area contributed by atoms with Crippen LogP contribution in [0.5, 0.6) is 11.5 Å². The molecule has 0 atom stereocenters. The van der Waals surface area contributed by atoms with E-state index in [9.17, 15) is 0 Å². The van der Waals surface area contributed by atoms with Crippen LogP contribution in [0.25, 0.3) is 5.69 Å². The Hall–Kier alpha value is -2.28. The molecule has 0 saturated carbocycles. The molecule has 0 aliphatic carbocycles. The SMILES string of the molecule is CCOCCc1nnc(N)n1-c1c(OC)cccc1OC. The minimum atomic E-state index is 0.282. The van der Waals surface area contributed by atoms with Gasteiger partial charge in [0, 0.05) is 13.0 Å². The lowest BCUT2D eigenvalue weighted by Gasteiger charge is -2.16. The zero-order chi connectivity index (χ0) is 15.2. The number of aromatic nitrogens is 3. The minimum absolute atomic E-state index is 0.282. The highest BCUT2D eigenvalue weighted by Crippen LogP contribution is 2.34. The van der Waals surface area contributed by atoms with E-state index >= 15 is 0 Å². The van der Waals surface area contributed by atoms with Crippen LogP contribution >= 0.6 is 0 Å². The highest BCUT2D eigenvalue weighted by molar-refractivity contribution is 5.60.